The van der Waals surface area contributed by atoms with E-state index in [1.807, 2.05) is 0 Å². The van der Waals surface area contributed by atoms with Gasteiger partial charge in [-0.25, -0.2) is 8.78 Å². The maximum Gasteiger partial charge on any atom is 0.132 e. The van der Waals surface area contributed by atoms with Gasteiger partial charge < -0.3 is 10.4 Å². The van der Waals surface area contributed by atoms with E-state index in [4.69, 9.17) is 0 Å². The van der Waals surface area contributed by atoms with Crippen molar-refractivity contribution in [3.63, 3.8) is 0 Å². The Morgan fingerprint density at radius 1 is 1.35 bits per heavy atom. The van der Waals surface area contributed by atoms with Crippen molar-refractivity contribution in [3.8, 4) is 0 Å². The van der Waals surface area contributed by atoms with Crippen molar-refractivity contribution in [2.24, 2.45) is 0 Å². The van der Waals surface area contributed by atoms with E-state index in [2.05, 4.69) is 5.32 Å². The minimum atomic E-state index is -1.35. The molecule has 1 atom stereocenters. The molecule has 0 radical (unpaired) electrons. The summed E-state index contributed by atoms with van der Waals surface area (Å²) in [7, 11) is 0. The van der Waals surface area contributed by atoms with E-state index in [-0.39, 0.29) is 11.5 Å². The van der Waals surface area contributed by atoms with E-state index in [1.165, 1.54) is 6.07 Å². The van der Waals surface area contributed by atoms with Gasteiger partial charge in [0, 0.05) is 5.56 Å². The Morgan fingerprint density at radius 2 is 2.06 bits per heavy atom. The molecule has 17 heavy (non-hydrogen) atoms. The van der Waals surface area contributed by atoms with Crippen LogP contribution in [-0.4, -0.2) is 24.9 Å². The Labute approximate surface area is 99.7 Å². The lowest BCUT2D eigenvalue weighted by atomic mass is 9.88. The molecule has 1 unspecified atom stereocenters. The highest BCUT2D eigenvalue weighted by Gasteiger charge is 2.22. The molecule has 0 spiro atoms. The second-order valence-electron chi connectivity index (χ2n) is 4.44. The van der Waals surface area contributed by atoms with Gasteiger partial charge in [0.15, 0.2) is 0 Å². The minimum Gasteiger partial charge on any atom is -0.386 e. The first-order valence-corrected chi connectivity index (χ1v) is 5.97. The number of benzene rings is 1. The summed E-state index contributed by atoms with van der Waals surface area (Å²) in [6, 6.07) is 4.87. The van der Waals surface area contributed by atoms with Gasteiger partial charge in [0.2, 0.25) is 0 Å². The number of nitrogens with one attached hydrogen (secondary N) is 1. The molecule has 1 aliphatic rings. The monoisotopic (exact) mass is 241 g/mol. The van der Waals surface area contributed by atoms with Gasteiger partial charge >= 0.3 is 0 Å². The fourth-order valence-electron chi connectivity index (χ4n) is 2.36. The predicted octanol–water partition coefficient (Wildman–Crippen LogP) is 2.30. The molecular weight excluding hydrogens is 224 g/mol. The van der Waals surface area contributed by atoms with E-state index in [9.17, 15) is 13.9 Å². The zero-order valence-electron chi connectivity index (χ0n) is 9.63. The van der Waals surface area contributed by atoms with Crippen LogP contribution in [0.4, 0.5) is 8.78 Å². The van der Waals surface area contributed by atoms with Gasteiger partial charge in [0.25, 0.3) is 0 Å². The van der Waals surface area contributed by atoms with Crippen molar-refractivity contribution in [2.45, 2.75) is 24.9 Å². The Balaban J connectivity index is 2.27. The van der Waals surface area contributed by atoms with E-state index in [1.54, 1.807) is 12.1 Å². The summed E-state index contributed by atoms with van der Waals surface area (Å²) in [5.41, 5.74) is 0.681. The Morgan fingerprint density at radius 3 is 2.71 bits per heavy atom. The predicted molar refractivity (Wildman–Crippen MR) is 62.2 cm³/mol. The van der Waals surface area contributed by atoms with Gasteiger partial charge in [-0.1, -0.05) is 18.2 Å². The molecule has 0 amide bonds. The third-order valence-electron chi connectivity index (χ3n) is 3.34. The largest absolute Gasteiger partial charge is 0.386 e. The SMILES string of the molecule is OC(CF)c1cccc(C2CCNCC2)c1F. The van der Waals surface area contributed by atoms with Crippen LogP contribution in [-0.2, 0) is 0 Å². The van der Waals surface area contributed by atoms with Crippen LogP contribution in [0.2, 0.25) is 0 Å². The average Bonchev–Trinajstić information content (AvgIpc) is 2.39. The smallest absolute Gasteiger partial charge is 0.132 e. The molecule has 0 saturated carbocycles. The lowest BCUT2D eigenvalue weighted by molar-refractivity contribution is 0.137. The minimum absolute atomic E-state index is 0.0727. The van der Waals surface area contributed by atoms with Crippen molar-refractivity contribution in [1.82, 2.24) is 5.32 Å². The van der Waals surface area contributed by atoms with E-state index in [0.717, 1.165) is 25.9 Å². The van der Waals surface area contributed by atoms with Gasteiger partial charge in [0.1, 0.15) is 18.6 Å². The highest BCUT2D eigenvalue weighted by molar-refractivity contribution is 5.30. The van der Waals surface area contributed by atoms with Crippen molar-refractivity contribution >= 4 is 0 Å². The molecule has 0 bridgehead atoms. The quantitative estimate of drug-likeness (QED) is 0.851. The molecule has 0 aromatic heterocycles. The number of hydrogen-bond acceptors (Lipinski definition) is 2. The van der Waals surface area contributed by atoms with Crippen LogP contribution in [0.1, 0.15) is 36.0 Å². The lowest BCUT2D eigenvalue weighted by Gasteiger charge is -2.24. The highest BCUT2D eigenvalue weighted by atomic mass is 19.1. The molecule has 2 rings (SSSR count). The molecule has 2 N–H and O–H groups in total. The van der Waals surface area contributed by atoms with Crippen LogP contribution in [0.5, 0.6) is 0 Å². The van der Waals surface area contributed by atoms with Crippen molar-refractivity contribution in [1.29, 1.82) is 0 Å². The zero-order valence-corrected chi connectivity index (χ0v) is 9.63. The molecular formula is C13H17F2NO. The summed E-state index contributed by atoms with van der Waals surface area (Å²) in [4.78, 5) is 0. The number of aliphatic hydroxyl groups is 1. The second-order valence-corrected chi connectivity index (χ2v) is 4.44. The standard InChI is InChI=1S/C13H17F2NO/c14-8-12(17)11-3-1-2-10(13(11)15)9-4-6-16-7-5-9/h1-3,9,12,16-17H,4-8H2. The fraction of sp³-hybridized carbons (Fsp3) is 0.538. The van der Waals surface area contributed by atoms with E-state index in [0.29, 0.717) is 5.56 Å². The maximum atomic E-state index is 14.1. The highest BCUT2D eigenvalue weighted by Crippen LogP contribution is 2.30. The van der Waals surface area contributed by atoms with Crippen LogP contribution in [0.15, 0.2) is 18.2 Å². The first-order chi connectivity index (χ1) is 8.24. The van der Waals surface area contributed by atoms with Gasteiger partial charge in [-0.3, -0.25) is 0 Å². The van der Waals surface area contributed by atoms with Crippen molar-refractivity contribution < 1.29 is 13.9 Å². The van der Waals surface area contributed by atoms with Crippen molar-refractivity contribution in [3.05, 3.63) is 35.1 Å². The number of piperidine rings is 1. The summed E-state index contributed by atoms with van der Waals surface area (Å²) < 4.78 is 26.5. The van der Waals surface area contributed by atoms with Crippen LogP contribution < -0.4 is 5.32 Å². The Kier molecular flexibility index (Phi) is 4.07. The van der Waals surface area contributed by atoms with E-state index >= 15 is 0 Å². The first kappa shape index (κ1) is 12.5. The number of hydrogen-bond donors (Lipinski definition) is 2. The summed E-state index contributed by atoms with van der Waals surface area (Å²) >= 11 is 0. The molecule has 4 heteroatoms. The van der Waals surface area contributed by atoms with Gasteiger partial charge in [0.05, 0.1) is 0 Å². The lowest BCUT2D eigenvalue weighted by Crippen LogP contribution is -2.27. The molecule has 1 heterocycles. The average molecular weight is 241 g/mol. The van der Waals surface area contributed by atoms with Crippen LogP contribution in [0.3, 0.4) is 0 Å². The molecule has 0 aliphatic carbocycles. The fourth-order valence-corrected chi connectivity index (χ4v) is 2.36. The Hall–Kier alpha value is -1.00. The number of rotatable bonds is 3. The molecule has 2 nitrogen and oxygen atoms in total. The molecule has 1 aromatic rings. The van der Waals surface area contributed by atoms with Gasteiger partial charge in [-0.2, -0.15) is 0 Å². The van der Waals surface area contributed by atoms with Gasteiger partial charge in [-0.15, -0.1) is 0 Å². The first-order valence-electron chi connectivity index (χ1n) is 5.97. The molecule has 1 aliphatic heterocycles. The van der Waals surface area contributed by atoms with Crippen LogP contribution >= 0.6 is 0 Å². The maximum absolute atomic E-state index is 14.1. The van der Waals surface area contributed by atoms with Gasteiger partial charge in [-0.05, 0) is 37.4 Å². The molecule has 94 valence electrons. The number of halogens is 2. The van der Waals surface area contributed by atoms with Crippen molar-refractivity contribution in [2.75, 3.05) is 19.8 Å². The topological polar surface area (TPSA) is 32.3 Å². The molecule has 1 saturated heterocycles. The summed E-state index contributed by atoms with van der Waals surface area (Å²) in [5, 5.41) is 12.6. The molecule has 1 aromatic carbocycles. The summed E-state index contributed by atoms with van der Waals surface area (Å²) in [6.07, 6.45) is 0.412. The summed E-state index contributed by atoms with van der Waals surface area (Å²) in [6.45, 7) is 0.798. The third kappa shape index (κ3) is 2.64. The second kappa shape index (κ2) is 5.56. The number of aliphatic hydroxyl groups excluding tert-OH is 1. The van der Waals surface area contributed by atoms with Crippen LogP contribution in [0.25, 0.3) is 0 Å². The molecule has 1 fully saturated rings. The number of alkyl halides is 1. The van der Waals surface area contributed by atoms with E-state index < -0.39 is 18.6 Å². The Bertz CT molecular complexity index is 378. The van der Waals surface area contributed by atoms with Crippen LogP contribution in [0, 0.1) is 5.82 Å². The zero-order chi connectivity index (χ0) is 12.3. The summed E-state index contributed by atoms with van der Waals surface area (Å²) in [5.74, 6) is -0.271. The third-order valence-corrected chi connectivity index (χ3v) is 3.34. The normalized spacial score (nSPS) is 19.2.